The van der Waals surface area contributed by atoms with E-state index in [0.717, 1.165) is 0 Å². The third-order valence-corrected chi connectivity index (χ3v) is 2.19. The van der Waals surface area contributed by atoms with Crippen LogP contribution in [0, 0.1) is 0 Å². The molecular weight excluding hydrogens is 238 g/mol. The molecule has 1 atom stereocenters. The van der Waals surface area contributed by atoms with Crippen LogP contribution in [0.3, 0.4) is 0 Å². The van der Waals surface area contributed by atoms with Crippen LogP contribution in [0.25, 0.3) is 0 Å². The lowest BCUT2D eigenvalue weighted by Gasteiger charge is -2.24. The highest BCUT2D eigenvalue weighted by Crippen LogP contribution is 1.93. The Morgan fingerprint density at radius 1 is 1.39 bits per heavy atom. The first kappa shape index (κ1) is 16.7. The number of rotatable bonds is 8. The quantitative estimate of drug-likeness (QED) is 0.626. The number of carbonyl (C=O) groups is 2. The van der Waals surface area contributed by atoms with Gasteiger partial charge in [0, 0.05) is 26.2 Å². The minimum atomic E-state index is -1.04. The number of likely N-dealkylation sites (N-methyl/N-ethyl adjacent to an activating group) is 1. The number of amides is 2. The van der Waals surface area contributed by atoms with E-state index in [2.05, 4.69) is 5.32 Å². The van der Waals surface area contributed by atoms with Gasteiger partial charge in [0.1, 0.15) is 6.54 Å². The normalized spacial score (nSPS) is 12.3. The fourth-order valence-electron chi connectivity index (χ4n) is 1.51. The van der Waals surface area contributed by atoms with Gasteiger partial charge in [-0.2, -0.15) is 0 Å². The van der Waals surface area contributed by atoms with Crippen LogP contribution >= 0.6 is 0 Å². The summed E-state index contributed by atoms with van der Waals surface area (Å²) in [4.78, 5) is 25.7. The summed E-state index contributed by atoms with van der Waals surface area (Å²) in [5, 5.41) is 11.5. The molecule has 0 fully saturated rings. The SMILES string of the molecule is COCCN(CC(=O)O)C(=O)NC(C)CN(C)C. The van der Waals surface area contributed by atoms with Crippen molar-refractivity contribution in [2.45, 2.75) is 13.0 Å². The lowest BCUT2D eigenvalue weighted by atomic mass is 10.3. The molecule has 18 heavy (non-hydrogen) atoms. The molecule has 0 heterocycles. The summed E-state index contributed by atoms with van der Waals surface area (Å²) in [5.74, 6) is -1.04. The molecule has 0 aliphatic heterocycles. The Morgan fingerprint density at radius 3 is 2.44 bits per heavy atom. The third kappa shape index (κ3) is 7.86. The fraction of sp³-hybridized carbons (Fsp3) is 0.818. The fourth-order valence-corrected chi connectivity index (χ4v) is 1.51. The topological polar surface area (TPSA) is 82.1 Å². The van der Waals surface area contributed by atoms with Gasteiger partial charge < -0.3 is 25.0 Å². The van der Waals surface area contributed by atoms with Crippen LogP contribution in [0.2, 0.25) is 0 Å². The first-order valence-corrected chi connectivity index (χ1v) is 5.77. The van der Waals surface area contributed by atoms with Crippen LogP contribution in [0.5, 0.6) is 0 Å². The van der Waals surface area contributed by atoms with Crippen molar-refractivity contribution in [3.8, 4) is 0 Å². The molecule has 0 radical (unpaired) electrons. The highest BCUT2D eigenvalue weighted by molar-refractivity contribution is 5.80. The van der Waals surface area contributed by atoms with E-state index < -0.39 is 5.97 Å². The summed E-state index contributed by atoms with van der Waals surface area (Å²) in [5.41, 5.74) is 0. The van der Waals surface area contributed by atoms with Crippen LogP contribution in [-0.4, -0.2) is 80.4 Å². The molecule has 0 bridgehead atoms. The second-order valence-corrected chi connectivity index (χ2v) is 4.42. The Kier molecular flexibility index (Phi) is 8.06. The predicted molar refractivity (Wildman–Crippen MR) is 67.6 cm³/mol. The zero-order chi connectivity index (χ0) is 14.1. The number of hydrogen-bond acceptors (Lipinski definition) is 4. The van der Waals surface area contributed by atoms with Gasteiger partial charge in [-0.05, 0) is 21.0 Å². The number of methoxy groups -OCH3 is 1. The Hall–Kier alpha value is -1.34. The van der Waals surface area contributed by atoms with Crippen molar-refractivity contribution in [2.24, 2.45) is 0 Å². The molecule has 0 rings (SSSR count). The van der Waals surface area contributed by atoms with Crippen molar-refractivity contribution in [3.05, 3.63) is 0 Å². The van der Waals surface area contributed by atoms with Gasteiger partial charge in [0.15, 0.2) is 0 Å². The van der Waals surface area contributed by atoms with Crippen LogP contribution in [0.15, 0.2) is 0 Å². The minimum Gasteiger partial charge on any atom is -0.480 e. The van der Waals surface area contributed by atoms with Gasteiger partial charge in [0.2, 0.25) is 0 Å². The number of nitrogens with one attached hydrogen (secondary N) is 1. The summed E-state index contributed by atoms with van der Waals surface area (Å²) in [6, 6.07) is -0.435. The maximum atomic E-state index is 11.9. The summed E-state index contributed by atoms with van der Waals surface area (Å²) < 4.78 is 4.85. The first-order valence-electron chi connectivity index (χ1n) is 5.77. The van der Waals surface area contributed by atoms with E-state index in [0.29, 0.717) is 13.2 Å². The van der Waals surface area contributed by atoms with Gasteiger partial charge in [-0.3, -0.25) is 4.79 Å². The van der Waals surface area contributed by atoms with Crippen molar-refractivity contribution < 1.29 is 19.4 Å². The van der Waals surface area contributed by atoms with Gasteiger partial charge in [0.25, 0.3) is 0 Å². The van der Waals surface area contributed by atoms with Gasteiger partial charge in [-0.15, -0.1) is 0 Å². The standard InChI is InChI=1S/C11H23N3O4/c1-9(7-13(2)3)12-11(17)14(5-6-18-4)8-10(15)16/h9H,5-8H2,1-4H3,(H,12,17)(H,15,16). The monoisotopic (exact) mass is 261 g/mol. The van der Waals surface area contributed by atoms with Crippen LogP contribution in [-0.2, 0) is 9.53 Å². The molecular formula is C11H23N3O4. The zero-order valence-electron chi connectivity index (χ0n) is 11.5. The van der Waals surface area contributed by atoms with E-state index in [4.69, 9.17) is 9.84 Å². The second-order valence-electron chi connectivity index (χ2n) is 4.42. The average molecular weight is 261 g/mol. The zero-order valence-corrected chi connectivity index (χ0v) is 11.5. The Balaban J connectivity index is 4.30. The van der Waals surface area contributed by atoms with Crippen molar-refractivity contribution in [2.75, 3.05) is 47.4 Å². The number of carboxylic acid groups (broad SMARTS) is 1. The van der Waals surface area contributed by atoms with Crippen LogP contribution < -0.4 is 5.32 Å². The van der Waals surface area contributed by atoms with Crippen LogP contribution in [0.4, 0.5) is 4.79 Å². The van der Waals surface area contributed by atoms with Gasteiger partial charge in [-0.25, -0.2) is 4.79 Å². The minimum absolute atomic E-state index is 0.0497. The molecule has 0 aliphatic rings. The van der Waals surface area contributed by atoms with E-state index in [-0.39, 0.29) is 25.2 Å². The van der Waals surface area contributed by atoms with E-state index in [9.17, 15) is 9.59 Å². The second kappa shape index (κ2) is 8.71. The molecule has 0 aromatic rings. The molecule has 7 heteroatoms. The number of carboxylic acids is 1. The number of nitrogens with zero attached hydrogens (tertiary/aromatic N) is 2. The Bertz CT molecular complexity index is 271. The molecule has 0 saturated heterocycles. The summed E-state index contributed by atoms with van der Waals surface area (Å²) >= 11 is 0. The largest absolute Gasteiger partial charge is 0.480 e. The van der Waals surface area contributed by atoms with E-state index in [1.165, 1.54) is 12.0 Å². The van der Waals surface area contributed by atoms with E-state index in [1.807, 2.05) is 25.9 Å². The number of ether oxygens (including phenoxy) is 1. The molecule has 1 unspecified atom stereocenters. The molecule has 106 valence electrons. The molecule has 0 spiro atoms. The van der Waals surface area contributed by atoms with Gasteiger partial charge >= 0.3 is 12.0 Å². The summed E-state index contributed by atoms with van der Waals surface area (Å²) in [7, 11) is 5.32. The summed E-state index contributed by atoms with van der Waals surface area (Å²) in [6.07, 6.45) is 0. The van der Waals surface area contributed by atoms with Gasteiger partial charge in [0.05, 0.1) is 6.61 Å². The number of carbonyl (C=O) groups excluding carboxylic acids is 1. The number of aliphatic carboxylic acids is 1. The molecule has 0 aromatic heterocycles. The van der Waals surface area contributed by atoms with Crippen molar-refractivity contribution in [1.29, 1.82) is 0 Å². The van der Waals surface area contributed by atoms with E-state index in [1.54, 1.807) is 0 Å². The van der Waals surface area contributed by atoms with Gasteiger partial charge in [-0.1, -0.05) is 0 Å². The van der Waals surface area contributed by atoms with Crippen molar-refractivity contribution in [1.82, 2.24) is 15.1 Å². The lowest BCUT2D eigenvalue weighted by Crippen LogP contribution is -2.49. The maximum absolute atomic E-state index is 11.9. The smallest absolute Gasteiger partial charge is 0.323 e. The Labute approximate surface area is 108 Å². The highest BCUT2D eigenvalue weighted by Gasteiger charge is 2.18. The molecule has 0 saturated carbocycles. The molecule has 0 aromatic carbocycles. The average Bonchev–Trinajstić information content (AvgIpc) is 2.22. The molecule has 0 aliphatic carbocycles. The molecule has 7 nitrogen and oxygen atoms in total. The summed E-state index contributed by atoms with van der Waals surface area (Å²) in [6.45, 7) is 2.79. The molecule has 2 amide bonds. The maximum Gasteiger partial charge on any atom is 0.323 e. The lowest BCUT2D eigenvalue weighted by molar-refractivity contribution is -0.137. The van der Waals surface area contributed by atoms with Crippen LogP contribution in [0.1, 0.15) is 6.92 Å². The first-order chi connectivity index (χ1) is 8.36. The number of urea groups is 1. The van der Waals surface area contributed by atoms with E-state index >= 15 is 0 Å². The predicted octanol–water partition coefficient (Wildman–Crippen LogP) is -0.321. The number of hydrogen-bond donors (Lipinski definition) is 2. The third-order valence-electron chi connectivity index (χ3n) is 2.19. The highest BCUT2D eigenvalue weighted by atomic mass is 16.5. The molecule has 2 N–H and O–H groups in total. The van der Waals surface area contributed by atoms with Crippen molar-refractivity contribution in [3.63, 3.8) is 0 Å². The Morgan fingerprint density at radius 2 is 2.00 bits per heavy atom. The van der Waals surface area contributed by atoms with Crippen molar-refractivity contribution >= 4 is 12.0 Å².